The Morgan fingerprint density at radius 2 is 2.21 bits per heavy atom. The lowest BCUT2D eigenvalue weighted by molar-refractivity contribution is -0.385. The van der Waals surface area contributed by atoms with Crippen molar-refractivity contribution in [1.82, 2.24) is 4.90 Å². The number of nitrogens with zero attached hydrogens (tertiary/aromatic N) is 2. The van der Waals surface area contributed by atoms with Crippen molar-refractivity contribution in [3.05, 3.63) is 34.1 Å². The lowest BCUT2D eigenvalue weighted by Crippen LogP contribution is -2.42. The van der Waals surface area contributed by atoms with E-state index in [1.54, 1.807) is 0 Å². The number of rotatable bonds is 3. The lowest BCUT2D eigenvalue weighted by Gasteiger charge is -2.35. The number of nitro benzene ring substituents is 1. The highest BCUT2D eigenvalue weighted by atomic mass is 19.1. The standard InChI is InChI=1S/C13H18FN3O2/c1-9-5-11(3-4-16(9)2)15-12-6-10(14)7-13(8-12)17(18)19/h6-9,11,15H,3-5H2,1-2H3. The molecule has 6 heteroatoms. The van der Waals surface area contributed by atoms with Crippen LogP contribution in [0.2, 0.25) is 0 Å². The second-order valence-electron chi connectivity index (χ2n) is 5.15. The van der Waals surface area contributed by atoms with Crippen LogP contribution in [0.1, 0.15) is 19.8 Å². The van der Waals surface area contributed by atoms with Crippen LogP contribution in [0.25, 0.3) is 0 Å². The largest absolute Gasteiger partial charge is 0.382 e. The Labute approximate surface area is 111 Å². The zero-order chi connectivity index (χ0) is 14.0. The van der Waals surface area contributed by atoms with Gasteiger partial charge in [-0.15, -0.1) is 0 Å². The first-order valence-electron chi connectivity index (χ1n) is 6.37. The Morgan fingerprint density at radius 3 is 2.84 bits per heavy atom. The predicted molar refractivity (Wildman–Crippen MR) is 71.8 cm³/mol. The Bertz CT molecular complexity index is 481. The summed E-state index contributed by atoms with van der Waals surface area (Å²) in [4.78, 5) is 12.4. The molecule has 2 atom stereocenters. The maximum absolute atomic E-state index is 13.3. The number of piperidine rings is 1. The number of halogens is 1. The number of anilines is 1. The minimum absolute atomic E-state index is 0.219. The third-order valence-corrected chi connectivity index (χ3v) is 3.67. The third-order valence-electron chi connectivity index (χ3n) is 3.67. The summed E-state index contributed by atoms with van der Waals surface area (Å²) in [5, 5.41) is 13.9. The molecule has 1 fully saturated rings. The summed E-state index contributed by atoms with van der Waals surface area (Å²) in [6, 6.07) is 4.30. The van der Waals surface area contributed by atoms with E-state index in [-0.39, 0.29) is 11.7 Å². The van der Waals surface area contributed by atoms with Gasteiger partial charge in [0.25, 0.3) is 5.69 Å². The fourth-order valence-electron chi connectivity index (χ4n) is 2.42. The molecule has 0 saturated carbocycles. The van der Waals surface area contributed by atoms with E-state index >= 15 is 0 Å². The van der Waals surface area contributed by atoms with Crippen molar-refractivity contribution in [3.8, 4) is 0 Å². The van der Waals surface area contributed by atoms with E-state index in [2.05, 4.69) is 24.2 Å². The van der Waals surface area contributed by atoms with Crippen LogP contribution in [0, 0.1) is 15.9 Å². The number of benzene rings is 1. The molecule has 104 valence electrons. The van der Waals surface area contributed by atoms with Crippen molar-refractivity contribution in [1.29, 1.82) is 0 Å². The van der Waals surface area contributed by atoms with Gasteiger partial charge in [-0.05, 0) is 32.9 Å². The van der Waals surface area contributed by atoms with E-state index in [4.69, 9.17) is 0 Å². The quantitative estimate of drug-likeness (QED) is 0.675. The number of nitrogens with one attached hydrogen (secondary N) is 1. The van der Waals surface area contributed by atoms with Crippen LogP contribution in [0.5, 0.6) is 0 Å². The monoisotopic (exact) mass is 267 g/mol. The maximum atomic E-state index is 13.3. The number of hydrogen-bond donors (Lipinski definition) is 1. The van der Waals surface area contributed by atoms with Gasteiger partial charge in [-0.25, -0.2) is 4.39 Å². The first-order chi connectivity index (χ1) is 8.95. The van der Waals surface area contributed by atoms with Crippen LogP contribution in [-0.2, 0) is 0 Å². The Hall–Kier alpha value is -1.69. The highest BCUT2D eigenvalue weighted by molar-refractivity contribution is 5.52. The van der Waals surface area contributed by atoms with Gasteiger partial charge >= 0.3 is 0 Å². The van der Waals surface area contributed by atoms with Gasteiger partial charge in [-0.1, -0.05) is 0 Å². The first kappa shape index (κ1) is 13.7. The van der Waals surface area contributed by atoms with Gasteiger partial charge in [0.1, 0.15) is 5.82 Å². The highest BCUT2D eigenvalue weighted by Crippen LogP contribution is 2.24. The molecule has 1 aliphatic rings. The molecule has 1 aromatic carbocycles. The minimum atomic E-state index is -0.585. The number of non-ortho nitro benzene ring substituents is 1. The predicted octanol–water partition coefficient (Wildman–Crippen LogP) is 2.63. The highest BCUT2D eigenvalue weighted by Gasteiger charge is 2.23. The third kappa shape index (κ3) is 3.41. The van der Waals surface area contributed by atoms with Gasteiger partial charge in [-0.3, -0.25) is 10.1 Å². The topological polar surface area (TPSA) is 58.4 Å². The molecule has 0 radical (unpaired) electrons. The van der Waals surface area contributed by atoms with Gasteiger partial charge in [0.2, 0.25) is 0 Å². The molecule has 1 aromatic rings. The minimum Gasteiger partial charge on any atom is -0.382 e. The summed E-state index contributed by atoms with van der Waals surface area (Å²) < 4.78 is 13.3. The van der Waals surface area contributed by atoms with Gasteiger partial charge in [0.05, 0.1) is 11.0 Å². The van der Waals surface area contributed by atoms with Crippen molar-refractivity contribution in [2.75, 3.05) is 18.9 Å². The molecule has 1 heterocycles. The summed E-state index contributed by atoms with van der Waals surface area (Å²) in [6.07, 6.45) is 1.89. The molecule has 0 aromatic heterocycles. The molecular formula is C13H18FN3O2. The zero-order valence-corrected chi connectivity index (χ0v) is 11.1. The van der Waals surface area contributed by atoms with Gasteiger partial charge in [-0.2, -0.15) is 0 Å². The fraction of sp³-hybridized carbons (Fsp3) is 0.538. The molecule has 0 amide bonds. The number of likely N-dealkylation sites (tertiary alicyclic amines) is 1. The molecule has 1 aliphatic heterocycles. The average molecular weight is 267 g/mol. The number of nitro groups is 1. The Morgan fingerprint density at radius 1 is 1.47 bits per heavy atom. The second-order valence-corrected chi connectivity index (χ2v) is 5.15. The Kier molecular flexibility index (Phi) is 3.99. The van der Waals surface area contributed by atoms with Crippen LogP contribution in [-0.4, -0.2) is 35.5 Å². The van der Waals surface area contributed by atoms with E-state index in [9.17, 15) is 14.5 Å². The summed E-state index contributed by atoms with van der Waals surface area (Å²) >= 11 is 0. The summed E-state index contributed by atoms with van der Waals surface area (Å²) in [7, 11) is 2.08. The summed E-state index contributed by atoms with van der Waals surface area (Å²) in [5.41, 5.74) is 0.261. The second kappa shape index (κ2) is 5.52. The van der Waals surface area contributed by atoms with E-state index in [0.717, 1.165) is 25.5 Å². The van der Waals surface area contributed by atoms with Crippen LogP contribution >= 0.6 is 0 Å². The van der Waals surface area contributed by atoms with Gasteiger partial charge in [0, 0.05) is 30.4 Å². The molecule has 19 heavy (non-hydrogen) atoms. The van der Waals surface area contributed by atoms with Crippen molar-refractivity contribution in [3.63, 3.8) is 0 Å². The summed E-state index contributed by atoms with van der Waals surface area (Å²) in [6.45, 7) is 3.11. The molecule has 1 saturated heterocycles. The van der Waals surface area contributed by atoms with E-state index in [1.165, 1.54) is 12.1 Å². The maximum Gasteiger partial charge on any atom is 0.274 e. The number of hydrogen-bond acceptors (Lipinski definition) is 4. The smallest absolute Gasteiger partial charge is 0.274 e. The molecule has 1 N–H and O–H groups in total. The SMILES string of the molecule is CC1CC(Nc2cc(F)cc([N+](=O)[O-])c2)CCN1C. The Balaban J connectivity index is 2.09. The van der Waals surface area contributed by atoms with Crippen molar-refractivity contribution in [2.45, 2.75) is 31.8 Å². The molecule has 0 bridgehead atoms. The van der Waals surface area contributed by atoms with Crippen molar-refractivity contribution in [2.24, 2.45) is 0 Å². The molecular weight excluding hydrogens is 249 g/mol. The average Bonchev–Trinajstić information content (AvgIpc) is 2.33. The molecule has 2 unspecified atom stereocenters. The first-order valence-corrected chi connectivity index (χ1v) is 6.37. The molecule has 0 spiro atoms. The lowest BCUT2D eigenvalue weighted by atomic mass is 9.98. The van der Waals surface area contributed by atoms with Gasteiger partial charge in [0.15, 0.2) is 0 Å². The van der Waals surface area contributed by atoms with Crippen molar-refractivity contribution >= 4 is 11.4 Å². The summed E-state index contributed by atoms with van der Waals surface area (Å²) in [5.74, 6) is -0.585. The zero-order valence-electron chi connectivity index (χ0n) is 11.1. The fourth-order valence-corrected chi connectivity index (χ4v) is 2.42. The van der Waals surface area contributed by atoms with Crippen LogP contribution in [0.4, 0.5) is 15.8 Å². The van der Waals surface area contributed by atoms with Crippen LogP contribution in [0.3, 0.4) is 0 Å². The van der Waals surface area contributed by atoms with E-state index in [0.29, 0.717) is 11.7 Å². The van der Waals surface area contributed by atoms with Crippen LogP contribution in [0.15, 0.2) is 18.2 Å². The van der Waals surface area contributed by atoms with Gasteiger partial charge < -0.3 is 10.2 Å². The molecule has 5 nitrogen and oxygen atoms in total. The molecule has 0 aliphatic carbocycles. The van der Waals surface area contributed by atoms with E-state index in [1.807, 2.05) is 0 Å². The van der Waals surface area contributed by atoms with E-state index < -0.39 is 10.7 Å². The van der Waals surface area contributed by atoms with Crippen molar-refractivity contribution < 1.29 is 9.31 Å². The molecule has 2 rings (SSSR count). The normalized spacial score (nSPS) is 24.2. The van der Waals surface area contributed by atoms with Crippen LogP contribution < -0.4 is 5.32 Å².